The van der Waals surface area contributed by atoms with Gasteiger partial charge in [-0.1, -0.05) is 12.1 Å². The van der Waals surface area contributed by atoms with Crippen LogP contribution in [0, 0.1) is 13.8 Å². The first-order valence-electron chi connectivity index (χ1n) is 11.0. The van der Waals surface area contributed by atoms with Gasteiger partial charge in [0.25, 0.3) is 0 Å². The summed E-state index contributed by atoms with van der Waals surface area (Å²) in [7, 11) is 1.62. The first-order valence-corrected chi connectivity index (χ1v) is 11.0. The van der Waals surface area contributed by atoms with Crippen molar-refractivity contribution in [1.82, 2.24) is 15.0 Å². The SMILES string of the molecule is COc1ccc(/C=C/C(=O)Nc2ccc(Nc3cc(Nc4cc(C)ccn4)nc(C)n3)cc2)cc1. The predicted molar refractivity (Wildman–Crippen MR) is 139 cm³/mol. The molecule has 4 rings (SSSR count). The Balaban J connectivity index is 1.36. The van der Waals surface area contributed by atoms with Gasteiger partial charge in [0.1, 0.15) is 29.0 Å². The Labute approximate surface area is 204 Å². The quantitative estimate of drug-likeness (QED) is 0.289. The third-order valence-electron chi connectivity index (χ3n) is 4.98. The van der Waals surface area contributed by atoms with Crippen molar-refractivity contribution in [1.29, 1.82) is 0 Å². The van der Waals surface area contributed by atoms with Crippen LogP contribution in [0.4, 0.5) is 28.8 Å². The van der Waals surface area contributed by atoms with Gasteiger partial charge in [0.15, 0.2) is 0 Å². The van der Waals surface area contributed by atoms with Crippen LogP contribution >= 0.6 is 0 Å². The van der Waals surface area contributed by atoms with Crippen molar-refractivity contribution in [3.05, 3.63) is 96.0 Å². The highest BCUT2D eigenvalue weighted by atomic mass is 16.5. The van der Waals surface area contributed by atoms with Gasteiger partial charge in [-0.05, 0) is 79.6 Å². The van der Waals surface area contributed by atoms with E-state index in [4.69, 9.17) is 4.74 Å². The van der Waals surface area contributed by atoms with Crippen molar-refractivity contribution in [2.24, 2.45) is 0 Å². The van der Waals surface area contributed by atoms with Crippen LogP contribution in [-0.2, 0) is 4.79 Å². The van der Waals surface area contributed by atoms with Gasteiger partial charge < -0.3 is 20.7 Å². The van der Waals surface area contributed by atoms with Crippen molar-refractivity contribution in [2.75, 3.05) is 23.1 Å². The number of carbonyl (C=O) groups excluding carboxylic acids is 1. The molecule has 0 saturated heterocycles. The number of hydrogen-bond donors (Lipinski definition) is 3. The number of ether oxygens (including phenoxy) is 1. The summed E-state index contributed by atoms with van der Waals surface area (Å²) < 4.78 is 5.14. The second-order valence-electron chi connectivity index (χ2n) is 7.83. The molecular weight excluding hydrogens is 440 g/mol. The molecule has 0 atom stereocenters. The lowest BCUT2D eigenvalue weighted by Gasteiger charge is -2.11. The third kappa shape index (κ3) is 6.88. The van der Waals surface area contributed by atoms with Gasteiger partial charge in [0.05, 0.1) is 7.11 Å². The molecule has 0 spiro atoms. The molecular formula is C27H26N6O2. The summed E-state index contributed by atoms with van der Waals surface area (Å²) in [4.78, 5) is 25.5. The van der Waals surface area contributed by atoms with Crippen LogP contribution in [-0.4, -0.2) is 28.0 Å². The van der Waals surface area contributed by atoms with Gasteiger partial charge in [-0.3, -0.25) is 4.79 Å². The number of pyridine rings is 1. The van der Waals surface area contributed by atoms with E-state index in [0.717, 1.165) is 28.4 Å². The van der Waals surface area contributed by atoms with E-state index in [1.54, 1.807) is 19.4 Å². The molecule has 2 aromatic heterocycles. The summed E-state index contributed by atoms with van der Waals surface area (Å²) in [5.41, 5.74) is 3.53. The number of rotatable bonds is 8. The van der Waals surface area contributed by atoms with Crippen LogP contribution in [0.2, 0.25) is 0 Å². The molecule has 0 unspecified atom stereocenters. The van der Waals surface area contributed by atoms with Gasteiger partial charge in [0.2, 0.25) is 5.91 Å². The molecule has 0 aliphatic rings. The molecule has 0 aliphatic heterocycles. The Bertz CT molecular complexity index is 1330. The Morgan fingerprint density at radius 3 is 2.20 bits per heavy atom. The van der Waals surface area contributed by atoms with Gasteiger partial charge in [-0.25, -0.2) is 15.0 Å². The molecule has 3 N–H and O–H groups in total. The highest BCUT2D eigenvalue weighted by Crippen LogP contribution is 2.21. The van der Waals surface area contributed by atoms with Crippen LogP contribution in [0.25, 0.3) is 6.08 Å². The standard InChI is InChI=1S/C27H26N6O2/c1-18-14-15-28-24(16-18)33-26-17-25(29-19(2)30-26)31-21-7-9-22(10-8-21)32-27(34)13-6-20-4-11-23(35-3)12-5-20/h4-17H,1-3H3,(H,32,34)(H2,28,29,30,31,33)/b13-6+. The van der Waals surface area contributed by atoms with Crippen LogP contribution < -0.4 is 20.7 Å². The van der Waals surface area contributed by atoms with Crippen molar-refractivity contribution in [2.45, 2.75) is 13.8 Å². The normalized spacial score (nSPS) is 10.7. The van der Waals surface area contributed by atoms with Gasteiger partial charge in [-0.15, -0.1) is 0 Å². The minimum absolute atomic E-state index is 0.214. The summed E-state index contributed by atoms with van der Waals surface area (Å²) in [6.45, 7) is 3.84. The summed E-state index contributed by atoms with van der Waals surface area (Å²) >= 11 is 0. The Kier molecular flexibility index (Phi) is 7.32. The molecule has 35 heavy (non-hydrogen) atoms. The molecule has 0 aliphatic carbocycles. The number of anilines is 5. The van der Waals surface area contributed by atoms with Crippen LogP contribution in [0.15, 0.2) is 79.0 Å². The monoisotopic (exact) mass is 466 g/mol. The fraction of sp³-hybridized carbons (Fsp3) is 0.111. The minimum atomic E-state index is -0.214. The number of methoxy groups -OCH3 is 1. The summed E-state index contributed by atoms with van der Waals surface area (Å²) in [6, 6.07) is 20.6. The number of amides is 1. The number of nitrogens with one attached hydrogen (secondary N) is 3. The summed E-state index contributed by atoms with van der Waals surface area (Å²) in [6.07, 6.45) is 5.00. The van der Waals surface area contributed by atoms with Gasteiger partial charge >= 0.3 is 0 Å². The lowest BCUT2D eigenvalue weighted by Crippen LogP contribution is -2.07. The first kappa shape index (κ1) is 23.4. The zero-order valence-electron chi connectivity index (χ0n) is 19.7. The van der Waals surface area contributed by atoms with Crippen molar-refractivity contribution in [3.63, 3.8) is 0 Å². The Hall–Kier alpha value is -4.72. The van der Waals surface area contributed by atoms with E-state index < -0.39 is 0 Å². The lowest BCUT2D eigenvalue weighted by atomic mass is 10.2. The topological polar surface area (TPSA) is 101 Å². The average Bonchev–Trinajstić information content (AvgIpc) is 2.84. The number of hydrogen-bond acceptors (Lipinski definition) is 7. The second-order valence-corrected chi connectivity index (χ2v) is 7.83. The summed E-state index contributed by atoms with van der Waals surface area (Å²) in [5, 5.41) is 9.33. The van der Waals surface area contributed by atoms with Crippen LogP contribution in [0.5, 0.6) is 5.75 Å². The summed E-state index contributed by atoms with van der Waals surface area (Å²) in [5.74, 6) is 3.19. The van der Waals surface area contributed by atoms with E-state index in [1.165, 1.54) is 6.08 Å². The molecule has 2 aromatic carbocycles. The first-order chi connectivity index (χ1) is 17.0. The number of aromatic nitrogens is 3. The molecule has 176 valence electrons. The molecule has 8 nitrogen and oxygen atoms in total. The maximum absolute atomic E-state index is 12.3. The third-order valence-corrected chi connectivity index (χ3v) is 4.98. The molecule has 0 saturated carbocycles. The number of nitrogens with zero attached hydrogens (tertiary/aromatic N) is 3. The van der Waals surface area contributed by atoms with E-state index >= 15 is 0 Å². The van der Waals surface area contributed by atoms with Crippen LogP contribution in [0.3, 0.4) is 0 Å². The number of aryl methyl sites for hydroxylation is 2. The zero-order chi connectivity index (χ0) is 24.6. The van der Waals surface area contributed by atoms with E-state index in [2.05, 4.69) is 30.9 Å². The van der Waals surface area contributed by atoms with E-state index in [0.29, 0.717) is 23.1 Å². The maximum Gasteiger partial charge on any atom is 0.248 e. The minimum Gasteiger partial charge on any atom is -0.497 e. The fourth-order valence-electron chi connectivity index (χ4n) is 3.29. The molecule has 4 aromatic rings. The van der Waals surface area contributed by atoms with Crippen molar-refractivity contribution >= 4 is 40.8 Å². The van der Waals surface area contributed by atoms with E-state index in [9.17, 15) is 4.79 Å². The lowest BCUT2D eigenvalue weighted by molar-refractivity contribution is -0.111. The average molecular weight is 467 g/mol. The van der Waals surface area contributed by atoms with Crippen molar-refractivity contribution < 1.29 is 9.53 Å². The Morgan fingerprint density at radius 2 is 1.51 bits per heavy atom. The number of carbonyl (C=O) groups is 1. The maximum atomic E-state index is 12.3. The van der Waals surface area contributed by atoms with Gasteiger partial charge in [0, 0.05) is 29.7 Å². The smallest absolute Gasteiger partial charge is 0.248 e. The fourth-order valence-corrected chi connectivity index (χ4v) is 3.29. The highest BCUT2D eigenvalue weighted by Gasteiger charge is 2.05. The Morgan fingerprint density at radius 1 is 0.829 bits per heavy atom. The predicted octanol–water partition coefficient (Wildman–Crippen LogP) is 5.64. The second kappa shape index (κ2) is 10.9. The van der Waals surface area contributed by atoms with E-state index in [-0.39, 0.29) is 5.91 Å². The molecule has 2 heterocycles. The molecule has 8 heteroatoms. The van der Waals surface area contributed by atoms with E-state index in [1.807, 2.05) is 80.6 Å². The van der Waals surface area contributed by atoms with Crippen LogP contribution in [0.1, 0.15) is 17.0 Å². The molecule has 0 radical (unpaired) electrons. The number of benzene rings is 2. The molecule has 1 amide bonds. The highest BCUT2D eigenvalue weighted by molar-refractivity contribution is 6.02. The molecule has 0 bridgehead atoms. The zero-order valence-corrected chi connectivity index (χ0v) is 19.7. The van der Waals surface area contributed by atoms with Gasteiger partial charge in [-0.2, -0.15) is 0 Å². The molecule has 0 fully saturated rings. The van der Waals surface area contributed by atoms with Crippen molar-refractivity contribution in [3.8, 4) is 5.75 Å². The largest absolute Gasteiger partial charge is 0.497 e.